The SMILES string of the molecule is N#CC(=Cc1ccc(-c2cccc(Cl)c2Cl)o1)c1cccc([N+](=O)[O-])c1. The highest BCUT2D eigenvalue weighted by Gasteiger charge is 2.12. The van der Waals surface area contributed by atoms with Gasteiger partial charge in [0.15, 0.2) is 0 Å². The predicted molar refractivity (Wildman–Crippen MR) is 101 cm³/mol. The Morgan fingerprint density at radius 1 is 1.15 bits per heavy atom. The number of non-ortho nitro benzene ring substituents is 1. The standard InChI is InChI=1S/C19H10Cl2N2O3/c20-17-6-2-5-16(19(17)21)18-8-7-15(26-18)10-13(11-22)12-3-1-4-14(9-12)23(24)25/h1-10H. The summed E-state index contributed by atoms with van der Waals surface area (Å²) in [6, 6.07) is 16.5. The van der Waals surface area contributed by atoms with E-state index in [2.05, 4.69) is 0 Å². The number of rotatable bonds is 4. The molecule has 0 radical (unpaired) electrons. The normalized spacial score (nSPS) is 11.2. The summed E-state index contributed by atoms with van der Waals surface area (Å²) in [6.07, 6.45) is 1.51. The first-order valence-corrected chi connectivity index (χ1v) is 8.16. The van der Waals surface area contributed by atoms with Gasteiger partial charge in [-0.05, 0) is 35.9 Å². The van der Waals surface area contributed by atoms with E-state index < -0.39 is 4.92 Å². The molecule has 3 rings (SSSR count). The molecule has 5 nitrogen and oxygen atoms in total. The summed E-state index contributed by atoms with van der Waals surface area (Å²) in [4.78, 5) is 10.4. The van der Waals surface area contributed by atoms with Gasteiger partial charge < -0.3 is 4.42 Å². The van der Waals surface area contributed by atoms with E-state index in [4.69, 9.17) is 27.6 Å². The highest BCUT2D eigenvalue weighted by molar-refractivity contribution is 6.43. The minimum atomic E-state index is -0.509. The molecule has 0 atom stereocenters. The molecule has 2 aromatic carbocycles. The molecule has 0 N–H and O–H groups in total. The van der Waals surface area contributed by atoms with Crippen LogP contribution in [-0.4, -0.2) is 4.92 Å². The average Bonchev–Trinajstić information content (AvgIpc) is 3.10. The van der Waals surface area contributed by atoms with Crippen LogP contribution in [0.25, 0.3) is 23.0 Å². The van der Waals surface area contributed by atoms with Gasteiger partial charge in [0.25, 0.3) is 5.69 Å². The Balaban J connectivity index is 1.98. The van der Waals surface area contributed by atoms with Crippen LogP contribution in [0.4, 0.5) is 5.69 Å². The molecule has 0 saturated carbocycles. The van der Waals surface area contributed by atoms with Gasteiger partial charge >= 0.3 is 0 Å². The maximum Gasteiger partial charge on any atom is 0.270 e. The molecule has 7 heteroatoms. The number of nitrogens with zero attached hydrogens (tertiary/aromatic N) is 2. The van der Waals surface area contributed by atoms with Crippen molar-refractivity contribution in [2.24, 2.45) is 0 Å². The highest BCUT2D eigenvalue weighted by atomic mass is 35.5. The van der Waals surface area contributed by atoms with Crippen LogP contribution in [0.5, 0.6) is 0 Å². The number of allylic oxidation sites excluding steroid dienone is 1. The second-order valence-corrected chi connectivity index (χ2v) is 6.07. The van der Waals surface area contributed by atoms with Gasteiger partial charge in [0.2, 0.25) is 0 Å². The van der Waals surface area contributed by atoms with Gasteiger partial charge in [-0.25, -0.2) is 0 Å². The number of halogens is 2. The van der Waals surface area contributed by atoms with Crippen LogP contribution in [0, 0.1) is 21.4 Å². The smallest absolute Gasteiger partial charge is 0.270 e. The van der Waals surface area contributed by atoms with Gasteiger partial charge in [-0.15, -0.1) is 0 Å². The van der Waals surface area contributed by atoms with Gasteiger partial charge in [-0.3, -0.25) is 10.1 Å². The fourth-order valence-electron chi connectivity index (χ4n) is 2.38. The van der Waals surface area contributed by atoms with Gasteiger partial charge in [-0.1, -0.05) is 41.4 Å². The van der Waals surface area contributed by atoms with E-state index in [0.717, 1.165) is 0 Å². The molecule has 0 fully saturated rings. The first kappa shape index (κ1) is 17.7. The zero-order valence-corrected chi connectivity index (χ0v) is 14.7. The largest absolute Gasteiger partial charge is 0.457 e. The first-order chi connectivity index (χ1) is 12.5. The molecule has 1 heterocycles. The lowest BCUT2D eigenvalue weighted by Gasteiger charge is -2.02. The van der Waals surface area contributed by atoms with Crippen LogP contribution in [-0.2, 0) is 0 Å². The molecule has 26 heavy (non-hydrogen) atoms. The van der Waals surface area contributed by atoms with E-state index in [1.807, 2.05) is 6.07 Å². The van der Waals surface area contributed by atoms with Crippen molar-refractivity contribution in [1.82, 2.24) is 0 Å². The van der Waals surface area contributed by atoms with E-state index in [1.54, 1.807) is 36.4 Å². The summed E-state index contributed by atoms with van der Waals surface area (Å²) in [7, 11) is 0. The Morgan fingerprint density at radius 2 is 1.92 bits per heavy atom. The molecule has 1 aromatic heterocycles. The van der Waals surface area contributed by atoms with Crippen molar-refractivity contribution in [3.63, 3.8) is 0 Å². The summed E-state index contributed by atoms with van der Waals surface area (Å²) in [5.41, 5.74) is 1.22. The molecule has 3 aromatic rings. The second-order valence-electron chi connectivity index (χ2n) is 5.28. The topological polar surface area (TPSA) is 80.1 Å². The van der Waals surface area contributed by atoms with Crippen molar-refractivity contribution in [1.29, 1.82) is 5.26 Å². The molecule has 0 bridgehead atoms. The fourth-order valence-corrected chi connectivity index (χ4v) is 2.77. The van der Waals surface area contributed by atoms with Crippen LogP contribution >= 0.6 is 23.2 Å². The minimum Gasteiger partial charge on any atom is -0.457 e. The van der Waals surface area contributed by atoms with Gasteiger partial charge in [0.05, 0.1) is 26.6 Å². The van der Waals surface area contributed by atoms with E-state index in [1.165, 1.54) is 24.3 Å². The van der Waals surface area contributed by atoms with Crippen molar-refractivity contribution in [2.75, 3.05) is 0 Å². The average molecular weight is 385 g/mol. The van der Waals surface area contributed by atoms with E-state index in [9.17, 15) is 15.4 Å². The molecule has 0 aliphatic carbocycles. The highest BCUT2D eigenvalue weighted by Crippen LogP contribution is 2.35. The van der Waals surface area contributed by atoms with Crippen molar-refractivity contribution >= 4 is 40.5 Å². The molecule has 0 aliphatic heterocycles. The number of hydrogen-bond donors (Lipinski definition) is 0. The molecule has 0 spiro atoms. The van der Waals surface area contributed by atoms with Crippen molar-refractivity contribution in [3.8, 4) is 17.4 Å². The van der Waals surface area contributed by atoms with Crippen molar-refractivity contribution in [3.05, 3.63) is 86.1 Å². The van der Waals surface area contributed by atoms with Crippen molar-refractivity contribution < 1.29 is 9.34 Å². The zero-order valence-electron chi connectivity index (χ0n) is 13.1. The third-order valence-electron chi connectivity index (χ3n) is 3.62. The Kier molecular flexibility index (Phi) is 5.08. The third-order valence-corrected chi connectivity index (χ3v) is 4.44. The minimum absolute atomic E-state index is 0.0884. The summed E-state index contributed by atoms with van der Waals surface area (Å²) in [5.74, 6) is 0.916. The van der Waals surface area contributed by atoms with Crippen molar-refractivity contribution in [2.45, 2.75) is 0 Å². The number of furan rings is 1. The Hall–Kier alpha value is -3.07. The zero-order chi connectivity index (χ0) is 18.7. The Labute approximate surface area is 158 Å². The van der Waals surface area contributed by atoms with Crippen LogP contribution in [0.3, 0.4) is 0 Å². The molecule has 0 amide bonds. The molecular weight excluding hydrogens is 375 g/mol. The molecule has 128 valence electrons. The fraction of sp³-hybridized carbons (Fsp3) is 0. The van der Waals surface area contributed by atoms with Crippen LogP contribution in [0.1, 0.15) is 11.3 Å². The van der Waals surface area contributed by atoms with Crippen LogP contribution < -0.4 is 0 Å². The van der Waals surface area contributed by atoms with Gasteiger partial charge in [0.1, 0.15) is 11.5 Å². The van der Waals surface area contributed by atoms with Gasteiger partial charge in [0, 0.05) is 17.7 Å². The van der Waals surface area contributed by atoms with Crippen LogP contribution in [0.2, 0.25) is 10.0 Å². The van der Waals surface area contributed by atoms with E-state index in [0.29, 0.717) is 32.7 Å². The number of hydrogen-bond acceptors (Lipinski definition) is 4. The number of nitriles is 1. The maximum atomic E-state index is 10.9. The lowest BCUT2D eigenvalue weighted by molar-refractivity contribution is -0.384. The molecular formula is C19H10Cl2N2O3. The summed E-state index contributed by atoms with van der Waals surface area (Å²) in [6.45, 7) is 0. The maximum absolute atomic E-state index is 10.9. The number of benzene rings is 2. The lowest BCUT2D eigenvalue weighted by atomic mass is 10.1. The quantitative estimate of drug-likeness (QED) is 0.303. The lowest BCUT2D eigenvalue weighted by Crippen LogP contribution is -1.89. The van der Waals surface area contributed by atoms with Gasteiger partial charge in [-0.2, -0.15) is 5.26 Å². The number of nitro groups is 1. The van der Waals surface area contributed by atoms with E-state index in [-0.39, 0.29) is 11.3 Å². The Morgan fingerprint density at radius 3 is 2.65 bits per heavy atom. The first-order valence-electron chi connectivity index (χ1n) is 7.40. The van der Waals surface area contributed by atoms with E-state index >= 15 is 0 Å². The Bertz CT molecular complexity index is 1060. The second kappa shape index (κ2) is 7.44. The summed E-state index contributed by atoms with van der Waals surface area (Å²) >= 11 is 12.2. The summed E-state index contributed by atoms with van der Waals surface area (Å²) in [5, 5.41) is 21.1. The predicted octanol–water partition coefficient (Wildman–Crippen LogP) is 6.23. The molecule has 0 unspecified atom stereocenters. The molecule has 0 saturated heterocycles. The van der Waals surface area contributed by atoms with Crippen LogP contribution in [0.15, 0.2) is 59.0 Å². The number of nitro benzene ring substituents is 1. The summed E-state index contributed by atoms with van der Waals surface area (Å²) < 4.78 is 5.73. The third kappa shape index (κ3) is 3.62. The monoisotopic (exact) mass is 384 g/mol. The molecule has 0 aliphatic rings.